The number of rotatable bonds is 16. The first kappa shape index (κ1) is 46.5. The van der Waals surface area contributed by atoms with Gasteiger partial charge in [0, 0.05) is 84.4 Å². The fourth-order valence-electron chi connectivity index (χ4n) is 9.05. The van der Waals surface area contributed by atoms with E-state index in [1.165, 1.54) is 7.11 Å². The number of nitrogens with zero attached hydrogens (tertiary/aromatic N) is 4. The largest absolute Gasteiger partial charge is 0.493 e. The van der Waals surface area contributed by atoms with Crippen molar-refractivity contribution < 1.29 is 33.4 Å². The van der Waals surface area contributed by atoms with Crippen LogP contribution in [0.2, 0.25) is 0 Å². The van der Waals surface area contributed by atoms with Crippen LogP contribution in [0, 0.1) is 6.92 Å². The maximum Gasteiger partial charge on any atom is 0.261 e. The summed E-state index contributed by atoms with van der Waals surface area (Å²) in [5, 5.41) is 6.03. The van der Waals surface area contributed by atoms with Crippen molar-refractivity contribution in [1.29, 1.82) is 0 Å². The quantitative estimate of drug-likeness (QED) is 0.0921. The van der Waals surface area contributed by atoms with Crippen molar-refractivity contribution in [2.45, 2.75) is 95.1 Å². The van der Waals surface area contributed by atoms with E-state index in [1.54, 1.807) is 45.7 Å². The van der Waals surface area contributed by atoms with E-state index in [0.717, 1.165) is 45.6 Å². The monoisotopic (exact) mass is 950 g/mol. The zero-order valence-electron chi connectivity index (χ0n) is 39.0. The number of hydrogen-bond acceptors (Lipinski definition) is 11. The van der Waals surface area contributed by atoms with Gasteiger partial charge in [0.1, 0.15) is 19.0 Å². The molecule has 350 valence electrons. The lowest BCUT2D eigenvalue weighted by atomic mass is 10.1. The Morgan fingerprint density at radius 3 is 1.91 bits per heavy atom. The molecule has 0 aromatic heterocycles. The number of nitrogens with one attached hydrogen (secondary N) is 2. The van der Waals surface area contributed by atoms with Gasteiger partial charge in [0.25, 0.3) is 11.8 Å². The van der Waals surface area contributed by atoms with Crippen molar-refractivity contribution in [3.8, 4) is 17.2 Å². The molecule has 0 fully saturated rings. The van der Waals surface area contributed by atoms with Crippen LogP contribution in [0.25, 0.3) is 0 Å². The molecule has 5 aromatic rings. The fourth-order valence-corrected chi connectivity index (χ4v) is 11.6. The summed E-state index contributed by atoms with van der Waals surface area (Å²) in [6.07, 6.45) is 6.49. The molecular weight excluding hydrogens is 897 g/mol. The van der Waals surface area contributed by atoms with Crippen LogP contribution in [-0.4, -0.2) is 72.3 Å². The smallest absolute Gasteiger partial charge is 0.261 e. The molecule has 0 bridgehead atoms. The predicted octanol–water partition coefficient (Wildman–Crippen LogP) is 10.1. The summed E-state index contributed by atoms with van der Waals surface area (Å²) in [7, 11) is 6.50. The zero-order chi connectivity index (χ0) is 47.7. The molecule has 2 N–H and O–H groups in total. The number of amides is 4. The number of hydrogen-bond donors (Lipinski definition) is 2. The minimum atomic E-state index is -0.404. The van der Waals surface area contributed by atoms with E-state index in [2.05, 4.69) is 23.6 Å². The maximum atomic E-state index is 14.0. The van der Waals surface area contributed by atoms with E-state index >= 15 is 0 Å². The lowest BCUT2D eigenvalue weighted by Gasteiger charge is -2.24. The molecule has 0 saturated carbocycles. The molecule has 68 heavy (non-hydrogen) atoms. The normalized spacial score (nSPS) is 16.9. The van der Waals surface area contributed by atoms with Gasteiger partial charge in [0.2, 0.25) is 11.8 Å². The highest BCUT2D eigenvalue weighted by Crippen LogP contribution is 2.44. The van der Waals surface area contributed by atoms with Gasteiger partial charge in [-0.15, -0.1) is 0 Å². The Bertz CT molecular complexity index is 2880. The summed E-state index contributed by atoms with van der Waals surface area (Å²) in [4.78, 5) is 66.8. The molecule has 4 amide bonds. The molecule has 15 heteroatoms. The van der Waals surface area contributed by atoms with Crippen LogP contribution in [0.15, 0.2) is 101 Å². The Hall–Kier alpha value is -6.58. The van der Waals surface area contributed by atoms with Gasteiger partial charge in [-0.25, -0.2) is 0 Å². The van der Waals surface area contributed by atoms with Gasteiger partial charge in [0.05, 0.1) is 41.7 Å². The number of para-hydroxylation sites is 2. The van der Waals surface area contributed by atoms with Crippen molar-refractivity contribution in [3.63, 3.8) is 0 Å². The first-order valence-corrected chi connectivity index (χ1v) is 25.0. The van der Waals surface area contributed by atoms with E-state index in [4.69, 9.17) is 24.2 Å². The van der Waals surface area contributed by atoms with Gasteiger partial charge in [0.15, 0.2) is 11.5 Å². The minimum absolute atomic E-state index is 0.0133. The lowest BCUT2D eigenvalue weighted by Crippen LogP contribution is -2.37. The topological polar surface area (TPSA) is 151 Å². The number of methoxy groups -OCH3 is 1. The molecule has 0 spiro atoms. The molecule has 4 aliphatic rings. The predicted molar refractivity (Wildman–Crippen MR) is 272 cm³/mol. The molecule has 1 unspecified atom stereocenters. The third-order valence-corrected chi connectivity index (χ3v) is 16.4. The Balaban J connectivity index is 0.945. The van der Waals surface area contributed by atoms with Gasteiger partial charge >= 0.3 is 0 Å². The molecule has 4 aliphatic heterocycles. The molecule has 0 aliphatic carbocycles. The third-order valence-electron chi connectivity index (χ3n) is 12.5. The molecule has 9 rings (SSSR count). The summed E-state index contributed by atoms with van der Waals surface area (Å²) in [6, 6.07) is 28.3. The maximum absolute atomic E-state index is 14.0. The van der Waals surface area contributed by atoms with Gasteiger partial charge in [-0.2, -0.15) is 0 Å². The van der Waals surface area contributed by atoms with Crippen LogP contribution in [0.3, 0.4) is 0 Å². The first-order valence-electron chi connectivity index (χ1n) is 22.8. The molecule has 3 atom stereocenters. The fraction of sp³-hybridized carbons (Fsp3) is 0.321. The van der Waals surface area contributed by atoms with Gasteiger partial charge in [-0.05, 0) is 97.5 Å². The number of ether oxygens (including phenoxy) is 3. The van der Waals surface area contributed by atoms with E-state index in [-0.39, 0.29) is 60.6 Å². The van der Waals surface area contributed by atoms with Crippen molar-refractivity contribution in [2.24, 2.45) is 9.98 Å². The summed E-state index contributed by atoms with van der Waals surface area (Å²) in [5.41, 5.74) is 8.85. The summed E-state index contributed by atoms with van der Waals surface area (Å²) in [5.74, 6) is 0.980. The molecule has 0 radical (unpaired) electrons. The van der Waals surface area contributed by atoms with Crippen LogP contribution >= 0.6 is 21.6 Å². The second-order valence-corrected chi connectivity index (χ2v) is 21.5. The number of carbonyl (C=O) groups is 4. The van der Waals surface area contributed by atoms with Crippen LogP contribution in [0.4, 0.5) is 28.4 Å². The van der Waals surface area contributed by atoms with E-state index < -0.39 is 4.75 Å². The molecule has 5 aromatic carbocycles. The van der Waals surface area contributed by atoms with Crippen molar-refractivity contribution in [3.05, 3.63) is 130 Å². The summed E-state index contributed by atoms with van der Waals surface area (Å²) < 4.78 is 18.3. The molecule has 0 saturated heterocycles. The minimum Gasteiger partial charge on any atom is -0.493 e. The summed E-state index contributed by atoms with van der Waals surface area (Å²) in [6.45, 7) is 8.31. The van der Waals surface area contributed by atoms with E-state index in [0.29, 0.717) is 64.7 Å². The van der Waals surface area contributed by atoms with Crippen LogP contribution in [-0.2, 0) is 35.6 Å². The lowest BCUT2D eigenvalue weighted by molar-refractivity contribution is -0.120. The Kier molecular flexibility index (Phi) is 13.4. The van der Waals surface area contributed by atoms with Crippen LogP contribution in [0.5, 0.6) is 17.2 Å². The Morgan fingerprint density at radius 2 is 1.32 bits per heavy atom. The highest BCUT2D eigenvalue weighted by molar-refractivity contribution is 8.77. The van der Waals surface area contributed by atoms with E-state index in [1.807, 2.05) is 111 Å². The van der Waals surface area contributed by atoms with Gasteiger partial charge in [-0.3, -0.25) is 39.0 Å². The standard InChI is InChI=1S/C53H54N6O7S2/c1-31-17-40-42(55-27-38-21-35-11-7-9-13-44(35)58(38)51(40)62)24-46(31)65-29-33-18-34(20-37(19-33)57-50(61)26-53(3,4)68-67-32(2)15-16-49(60)54-5)30-66-48-25-43-41(23-47(48)64-6)52(63)59-39(28-56-43)22-36-12-8-10-14-45(36)59/h7-14,17-20,23-25,27-28,32,38-39H,15-16,21-22,26,29-30H2,1-6H3,(H,54,60)(H,57,61)/t32?,38-,39-/m0/s1. The van der Waals surface area contributed by atoms with Crippen LogP contribution < -0.4 is 34.6 Å². The van der Waals surface area contributed by atoms with Gasteiger partial charge < -0.3 is 24.8 Å². The highest BCUT2D eigenvalue weighted by atomic mass is 33.1. The van der Waals surface area contributed by atoms with Crippen LogP contribution in [0.1, 0.15) is 88.6 Å². The highest BCUT2D eigenvalue weighted by Gasteiger charge is 2.38. The second kappa shape index (κ2) is 19.6. The number of aliphatic imine (C=N–C) groups is 2. The number of fused-ring (bicyclic) bond motifs is 8. The number of benzene rings is 5. The number of aryl methyl sites for hydroxylation is 1. The zero-order valence-corrected chi connectivity index (χ0v) is 40.6. The number of carbonyl (C=O) groups excluding carboxylic acids is 4. The van der Waals surface area contributed by atoms with Crippen molar-refractivity contribution in [2.75, 3.05) is 29.3 Å². The Labute approximate surface area is 404 Å². The Morgan fingerprint density at radius 1 is 0.765 bits per heavy atom. The second-order valence-electron chi connectivity index (χ2n) is 18.2. The average molecular weight is 951 g/mol. The average Bonchev–Trinajstić information content (AvgIpc) is 3.82. The van der Waals surface area contributed by atoms with Crippen molar-refractivity contribution >= 4 is 86.1 Å². The third kappa shape index (κ3) is 9.86. The van der Waals surface area contributed by atoms with Crippen molar-refractivity contribution in [1.82, 2.24) is 5.32 Å². The molecular formula is C53H54N6O7S2. The SMILES string of the molecule is CNC(=O)CCC(C)SSC(C)(C)CC(=O)Nc1cc(COc2cc3c(cc2C)C(=O)N2c4ccccc4C[C@H]2C=N3)cc(COc2cc3c(cc2OC)C(=O)N2c4ccccc4C[C@H]2C=N3)c1. The van der Waals surface area contributed by atoms with Gasteiger partial charge in [-0.1, -0.05) is 64.9 Å². The molecule has 13 nitrogen and oxygen atoms in total. The first-order chi connectivity index (χ1) is 32.8. The summed E-state index contributed by atoms with van der Waals surface area (Å²) >= 11 is 0. The van der Waals surface area contributed by atoms with E-state index in [9.17, 15) is 19.2 Å². The number of anilines is 3. The molecule has 4 heterocycles.